The quantitative estimate of drug-likeness (QED) is 0.614. The monoisotopic (exact) mass is 352 g/mol. The van der Waals surface area contributed by atoms with Crippen LogP contribution >= 0.6 is 22.6 Å². The Bertz CT molecular complexity index is 538. The molecule has 1 aromatic heterocycles. The van der Waals surface area contributed by atoms with E-state index in [1.54, 1.807) is 0 Å². The van der Waals surface area contributed by atoms with E-state index < -0.39 is 16.7 Å². The molecule has 1 fully saturated rings. The van der Waals surface area contributed by atoms with Crippen LogP contribution in [0.4, 0.5) is 0 Å². The molecule has 0 radical (unpaired) electrons. The van der Waals surface area contributed by atoms with Gasteiger partial charge in [0.2, 0.25) is 0 Å². The maximum absolute atomic E-state index is 11.6. The summed E-state index contributed by atoms with van der Waals surface area (Å²) in [6.07, 6.45) is 2.17. The lowest BCUT2D eigenvalue weighted by molar-refractivity contribution is 0.156. The summed E-state index contributed by atoms with van der Waals surface area (Å²) in [6, 6.07) is 0. The highest BCUT2D eigenvalue weighted by Gasteiger charge is 2.53. The number of hydrogen-bond acceptors (Lipinski definition) is 4. The molecule has 0 spiro atoms. The largest absolute Gasteiger partial charge is 0.396 e. The molecule has 17 heavy (non-hydrogen) atoms. The van der Waals surface area contributed by atoms with Gasteiger partial charge >= 0.3 is 5.69 Å². The van der Waals surface area contributed by atoms with E-state index in [4.69, 9.17) is 5.11 Å². The molecule has 2 atom stereocenters. The number of hydrogen-bond donors (Lipinski definition) is 3. The normalized spacial score (nSPS) is 27.1. The second kappa shape index (κ2) is 4.54. The van der Waals surface area contributed by atoms with Crippen molar-refractivity contribution in [3.05, 3.63) is 30.6 Å². The van der Waals surface area contributed by atoms with Crippen LogP contribution < -0.4 is 11.2 Å². The lowest BCUT2D eigenvalue weighted by Gasteiger charge is -2.15. The topological polar surface area (TPSA) is 95.3 Å². The van der Waals surface area contributed by atoms with Crippen molar-refractivity contribution in [2.45, 2.75) is 13.0 Å². The van der Waals surface area contributed by atoms with E-state index in [-0.39, 0.29) is 19.1 Å². The molecule has 94 valence electrons. The van der Waals surface area contributed by atoms with Crippen LogP contribution in [-0.4, -0.2) is 33.0 Å². The summed E-state index contributed by atoms with van der Waals surface area (Å²) in [5.74, 6) is 0.0315. The Hall–Kier alpha value is -0.670. The molecule has 6 nitrogen and oxygen atoms in total. The molecule has 1 saturated carbocycles. The molecule has 0 unspecified atom stereocenters. The number of nitrogens with one attached hydrogen (secondary N) is 1. The van der Waals surface area contributed by atoms with Gasteiger partial charge in [0.25, 0.3) is 5.56 Å². The summed E-state index contributed by atoms with van der Waals surface area (Å²) < 4.78 is 1.81. The molecule has 7 heteroatoms. The molecular formula is C10H13IN2O4. The number of H-pyrrole nitrogens is 1. The molecule has 0 bridgehead atoms. The van der Waals surface area contributed by atoms with Gasteiger partial charge in [0.15, 0.2) is 0 Å². The fraction of sp³-hybridized carbons (Fsp3) is 0.600. The molecule has 1 aliphatic rings. The average Bonchev–Trinajstić information content (AvgIpc) is 3.00. The minimum Gasteiger partial charge on any atom is -0.396 e. The van der Waals surface area contributed by atoms with Crippen molar-refractivity contribution in [1.82, 2.24) is 9.55 Å². The zero-order chi connectivity index (χ0) is 12.6. The van der Waals surface area contributed by atoms with Crippen LogP contribution in [0, 0.1) is 14.9 Å². The molecule has 1 aromatic rings. The maximum Gasteiger partial charge on any atom is 0.328 e. The minimum absolute atomic E-state index is 0.00968. The SMILES string of the molecule is O=c1[nH]c(=O)n(C[C@]2(CO)C[C@H]2CO)cc1I. The smallest absolute Gasteiger partial charge is 0.328 e. The van der Waals surface area contributed by atoms with Crippen LogP contribution in [0.1, 0.15) is 6.42 Å². The Kier molecular flexibility index (Phi) is 3.41. The van der Waals surface area contributed by atoms with Crippen molar-refractivity contribution in [1.29, 1.82) is 0 Å². The van der Waals surface area contributed by atoms with Crippen molar-refractivity contribution in [3.63, 3.8) is 0 Å². The number of aliphatic hydroxyl groups is 2. The summed E-state index contributed by atoms with van der Waals surface area (Å²) in [6.45, 7) is 0.260. The first-order valence-electron chi connectivity index (χ1n) is 5.23. The van der Waals surface area contributed by atoms with Gasteiger partial charge < -0.3 is 10.2 Å². The van der Waals surface area contributed by atoms with Gasteiger partial charge in [-0.2, -0.15) is 0 Å². The van der Waals surface area contributed by atoms with Gasteiger partial charge in [-0.15, -0.1) is 0 Å². The highest BCUT2D eigenvalue weighted by Crippen LogP contribution is 2.52. The fourth-order valence-corrected chi connectivity index (χ4v) is 2.54. The Morgan fingerprint density at radius 1 is 1.53 bits per heavy atom. The summed E-state index contributed by atoms with van der Waals surface area (Å²) in [5.41, 5.74) is -1.30. The summed E-state index contributed by atoms with van der Waals surface area (Å²) in [5, 5.41) is 18.4. The van der Waals surface area contributed by atoms with E-state index in [2.05, 4.69) is 4.98 Å². The highest BCUT2D eigenvalue weighted by atomic mass is 127. The van der Waals surface area contributed by atoms with Gasteiger partial charge in [-0.1, -0.05) is 0 Å². The first kappa shape index (κ1) is 12.8. The van der Waals surface area contributed by atoms with Crippen molar-refractivity contribution in [3.8, 4) is 0 Å². The van der Waals surface area contributed by atoms with Crippen molar-refractivity contribution in [2.24, 2.45) is 11.3 Å². The number of nitrogens with zero attached hydrogens (tertiary/aromatic N) is 1. The summed E-state index contributed by atoms with van der Waals surface area (Å²) in [7, 11) is 0. The molecule has 0 aromatic carbocycles. The standard InChI is InChI=1S/C10H13IN2O4/c11-7-2-13(9(17)12-8(7)16)4-10(5-15)1-6(10)3-14/h2,6,14-15H,1,3-5H2,(H,12,16,17)/t6-,10-/m0/s1. The minimum atomic E-state index is -0.480. The zero-order valence-electron chi connectivity index (χ0n) is 9.02. The molecule has 2 rings (SSSR count). The summed E-state index contributed by atoms with van der Waals surface area (Å²) in [4.78, 5) is 25.0. The average molecular weight is 352 g/mol. The second-order valence-corrected chi connectivity index (χ2v) is 5.63. The fourth-order valence-electron chi connectivity index (χ4n) is 2.07. The molecule has 3 N–H and O–H groups in total. The number of rotatable bonds is 4. The van der Waals surface area contributed by atoms with E-state index >= 15 is 0 Å². The van der Waals surface area contributed by atoms with Crippen molar-refractivity contribution >= 4 is 22.6 Å². The predicted molar refractivity (Wildman–Crippen MR) is 68.8 cm³/mol. The predicted octanol–water partition coefficient (Wildman–Crippen LogP) is -0.868. The lowest BCUT2D eigenvalue weighted by atomic mass is 10.1. The maximum atomic E-state index is 11.6. The molecule has 1 heterocycles. The Morgan fingerprint density at radius 3 is 2.76 bits per heavy atom. The van der Waals surface area contributed by atoms with Gasteiger partial charge in [0.1, 0.15) is 0 Å². The first-order valence-corrected chi connectivity index (χ1v) is 6.31. The molecule has 0 amide bonds. The van der Waals surface area contributed by atoms with Gasteiger partial charge in [0, 0.05) is 24.8 Å². The molecule has 0 aliphatic heterocycles. The number of aromatic amines is 1. The van der Waals surface area contributed by atoms with Crippen LogP contribution in [0.15, 0.2) is 15.8 Å². The third kappa shape index (κ3) is 2.31. The van der Waals surface area contributed by atoms with Gasteiger partial charge in [0.05, 0.1) is 10.2 Å². The van der Waals surface area contributed by atoms with Crippen LogP contribution in [0.5, 0.6) is 0 Å². The molecular weight excluding hydrogens is 339 g/mol. The van der Waals surface area contributed by atoms with Crippen molar-refractivity contribution < 1.29 is 10.2 Å². The lowest BCUT2D eigenvalue weighted by Crippen LogP contribution is -2.34. The third-order valence-corrected chi connectivity index (χ3v) is 4.12. The number of aliphatic hydroxyl groups excluding tert-OH is 2. The Balaban J connectivity index is 2.28. The Labute approximate surface area is 110 Å². The zero-order valence-corrected chi connectivity index (χ0v) is 11.2. The van der Waals surface area contributed by atoms with E-state index in [1.807, 2.05) is 22.6 Å². The number of halogens is 1. The third-order valence-electron chi connectivity index (χ3n) is 3.35. The van der Waals surface area contributed by atoms with Crippen LogP contribution in [0.3, 0.4) is 0 Å². The van der Waals surface area contributed by atoms with E-state index in [1.165, 1.54) is 10.8 Å². The second-order valence-electron chi connectivity index (χ2n) is 4.47. The first-order chi connectivity index (χ1) is 8.02. The van der Waals surface area contributed by atoms with Crippen LogP contribution in [0.25, 0.3) is 0 Å². The van der Waals surface area contributed by atoms with Gasteiger partial charge in [-0.05, 0) is 34.9 Å². The highest BCUT2D eigenvalue weighted by molar-refractivity contribution is 14.1. The van der Waals surface area contributed by atoms with Crippen LogP contribution in [0.2, 0.25) is 0 Å². The number of aromatic nitrogens is 2. The molecule has 0 saturated heterocycles. The van der Waals surface area contributed by atoms with E-state index in [9.17, 15) is 14.7 Å². The molecule has 1 aliphatic carbocycles. The van der Waals surface area contributed by atoms with Gasteiger partial charge in [-0.25, -0.2) is 4.79 Å². The van der Waals surface area contributed by atoms with Crippen LogP contribution in [-0.2, 0) is 6.54 Å². The van der Waals surface area contributed by atoms with E-state index in [0.29, 0.717) is 16.5 Å². The summed E-state index contributed by atoms with van der Waals surface area (Å²) >= 11 is 1.85. The van der Waals surface area contributed by atoms with Crippen molar-refractivity contribution in [2.75, 3.05) is 13.2 Å². The van der Waals surface area contributed by atoms with E-state index in [0.717, 1.165) is 0 Å². The Morgan fingerprint density at radius 2 is 2.24 bits per heavy atom. The van der Waals surface area contributed by atoms with Gasteiger partial charge in [-0.3, -0.25) is 14.3 Å².